The second-order valence-corrected chi connectivity index (χ2v) is 10.8. The monoisotopic (exact) mass is 435 g/mol. The van der Waals surface area contributed by atoms with Crippen molar-refractivity contribution in [1.29, 1.82) is 0 Å². The van der Waals surface area contributed by atoms with Gasteiger partial charge in [0.05, 0.1) is 5.41 Å². The van der Waals surface area contributed by atoms with Crippen LogP contribution in [0.5, 0.6) is 0 Å². The number of fused-ring (bicyclic) bond motifs is 6. The molecule has 2 heterocycles. The number of allylic oxidation sites excluding steroid dienone is 6. The molecule has 2 atom stereocenters. The van der Waals surface area contributed by atoms with E-state index in [2.05, 4.69) is 104 Å². The number of nitrogens with zero attached hydrogens (tertiary/aromatic N) is 2. The summed E-state index contributed by atoms with van der Waals surface area (Å²) in [5.41, 5.74) is 12.1. The van der Waals surface area contributed by atoms with Gasteiger partial charge in [-0.2, -0.15) is 4.58 Å². The Labute approximate surface area is 198 Å². The van der Waals surface area contributed by atoms with Gasteiger partial charge < -0.3 is 4.90 Å². The van der Waals surface area contributed by atoms with Gasteiger partial charge in [-0.3, -0.25) is 0 Å². The second-order valence-electron chi connectivity index (χ2n) is 10.8. The first-order valence-electron chi connectivity index (χ1n) is 12.6. The Balaban J connectivity index is 1.38. The zero-order valence-electron chi connectivity index (χ0n) is 20.5. The van der Waals surface area contributed by atoms with Gasteiger partial charge in [-0.1, -0.05) is 54.6 Å². The molecule has 0 aromatic heterocycles. The minimum Gasteiger partial charge on any atom is -0.347 e. The molecule has 2 aromatic rings. The number of para-hydroxylation sites is 2. The van der Waals surface area contributed by atoms with Crippen LogP contribution in [0.3, 0.4) is 0 Å². The maximum Gasteiger partial charge on any atom is 0.209 e. The van der Waals surface area contributed by atoms with Gasteiger partial charge in [0.2, 0.25) is 5.69 Å². The van der Waals surface area contributed by atoms with E-state index < -0.39 is 0 Å². The Morgan fingerprint density at radius 1 is 0.879 bits per heavy atom. The van der Waals surface area contributed by atoms with Crippen molar-refractivity contribution in [2.45, 2.75) is 63.2 Å². The molecule has 168 valence electrons. The Hall–Kier alpha value is -2.87. The summed E-state index contributed by atoms with van der Waals surface area (Å²) in [7, 11) is 4.51. The quantitative estimate of drug-likeness (QED) is 0.453. The topological polar surface area (TPSA) is 6.25 Å². The highest BCUT2D eigenvalue weighted by Gasteiger charge is 2.50. The van der Waals surface area contributed by atoms with Gasteiger partial charge in [0.25, 0.3) is 0 Å². The Morgan fingerprint density at radius 3 is 2.42 bits per heavy atom. The molecule has 2 heteroatoms. The fraction of sp³-hybridized carbons (Fsp3) is 0.387. The van der Waals surface area contributed by atoms with Crippen molar-refractivity contribution in [3.63, 3.8) is 0 Å². The molecule has 6 rings (SSSR count). The van der Waals surface area contributed by atoms with E-state index >= 15 is 0 Å². The van der Waals surface area contributed by atoms with Crippen LogP contribution in [-0.4, -0.2) is 24.4 Å². The summed E-state index contributed by atoms with van der Waals surface area (Å²) in [6.07, 6.45) is 14.5. The lowest BCUT2D eigenvalue weighted by molar-refractivity contribution is -0.402. The molecule has 0 radical (unpaired) electrons. The molecule has 0 N–H and O–H groups in total. The van der Waals surface area contributed by atoms with Crippen LogP contribution >= 0.6 is 0 Å². The molecule has 0 amide bonds. The van der Waals surface area contributed by atoms with Crippen molar-refractivity contribution in [3.8, 4) is 0 Å². The summed E-state index contributed by atoms with van der Waals surface area (Å²) < 4.78 is 2.45. The predicted octanol–water partition coefficient (Wildman–Crippen LogP) is 7.18. The molecule has 2 nitrogen and oxygen atoms in total. The average Bonchev–Trinajstić information content (AvgIpc) is 3.20. The van der Waals surface area contributed by atoms with Gasteiger partial charge in [-0.15, -0.1) is 0 Å². The highest BCUT2D eigenvalue weighted by Crippen LogP contribution is 2.54. The van der Waals surface area contributed by atoms with Gasteiger partial charge in [-0.25, -0.2) is 0 Å². The standard InChI is InChI=1S/C31H35N2/c1-30-20-10-14-22(28(30)32(3)26-18-7-5-16-24(26)30)12-9-13-23-15-11-21-31(2)25-17-6-8-19-27(25)33(4)29(23)31/h5-9,12-13,16-19H,10-11,14-15,20-21H2,1-4H3/q+1/t30-,31-/m1/s1. The first-order chi connectivity index (χ1) is 15.9. The van der Waals surface area contributed by atoms with Crippen molar-refractivity contribution in [1.82, 2.24) is 0 Å². The van der Waals surface area contributed by atoms with Crippen molar-refractivity contribution in [2.75, 3.05) is 19.0 Å². The van der Waals surface area contributed by atoms with Crippen LogP contribution in [0.2, 0.25) is 0 Å². The maximum absolute atomic E-state index is 2.45. The fourth-order valence-electron chi connectivity index (χ4n) is 7.45. The van der Waals surface area contributed by atoms with Crippen LogP contribution in [0, 0.1) is 0 Å². The molecule has 1 saturated carbocycles. The zero-order valence-corrected chi connectivity index (χ0v) is 20.5. The van der Waals surface area contributed by atoms with Crippen molar-refractivity contribution in [3.05, 3.63) is 94.7 Å². The number of rotatable bonds is 2. The Morgan fingerprint density at radius 2 is 1.58 bits per heavy atom. The van der Waals surface area contributed by atoms with E-state index in [0.717, 1.165) is 0 Å². The molecule has 0 spiro atoms. The number of anilines is 1. The molecule has 2 aliphatic heterocycles. The van der Waals surface area contributed by atoms with Crippen molar-refractivity contribution >= 4 is 17.1 Å². The molecule has 2 aliphatic carbocycles. The number of likely N-dealkylation sites (N-methyl/N-ethyl adjacent to an activating group) is 1. The van der Waals surface area contributed by atoms with Gasteiger partial charge in [0, 0.05) is 41.1 Å². The molecule has 0 saturated heterocycles. The number of hydrogen-bond acceptors (Lipinski definition) is 1. The van der Waals surface area contributed by atoms with E-state index in [4.69, 9.17) is 0 Å². The molecule has 1 fully saturated rings. The van der Waals surface area contributed by atoms with E-state index in [-0.39, 0.29) is 10.8 Å². The summed E-state index contributed by atoms with van der Waals surface area (Å²) in [6, 6.07) is 18.0. The van der Waals surface area contributed by atoms with Crippen LogP contribution in [0.4, 0.5) is 11.4 Å². The molecule has 0 unspecified atom stereocenters. The normalized spacial score (nSPS) is 29.6. The summed E-state index contributed by atoms with van der Waals surface area (Å²) >= 11 is 0. The third-order valence-electron chi connectivity index (χ3n) is 8.88. The molecular formula is C31H35N2+. The lowest BCUT2D eigenvalue weighted by atomic mass is 9.69. The zero-order chi connectivity index (χ0) is 22.8. The van der Waals surface area contributed by atoms with E-state index in [1.54, 1.807) is 0 Å². The summed E-state index contributed by atoms with van der Waals surface area (Å²) in [5, 5.41) is 0. The molecule has 33 heavy (non-hydrogen) atoms. The van der Waals surface area contributed by atoms with Crippen LogP contribution in [0.25, 0.3) is 0 Å². The van der Waals surface area contributed by atoms with Gasteiger partial charge in [-0.05, 0) is 69.6 Å². The van der Waals surface area contributed by atoms with E-state index in [1.165, 1.54) is 83.6 Å². The average molecular weight is 436 g/mol. The predicted molar refractivity (Wildman–Crippen MR) is 139 cm³/mol. The first-order valence-corrected chi connectivity index (χ1v) is 12.6. The van der Waals surface area contributed by atoms with Gasteiger partial charge >= 0.3 is 0 Å². The Bertz CT molecular complexity index is 1270. The van der Waals surface area contributed by atoms with Gasteiger partial charge in [0.1, 0.15) is 7.05 Å². The van der Waals surface area contributed by atoms with Crippen LogP contribution in [0.1, 0.15) is 63.5 Å². The fourth-order valence-corrected chi connectivity index (χ4v) is 7.45. The van der Waals surface area contributed by atoms with E-state index in [1.807, 2.05) is 0 Å². The second kappa shape index (κ2) is 7.32. The van der Waals surface area contributed by atoms with Crippen LogP contribution in [0.15, 0.2) is 83.6 Å². The van der Waals surface area contributed by atoms with E-state index in [0.29, 0.717) is 0 Å². The lowest BCUT2D eigenvalue weighted by Crippen LogP contribution is -2.36. The van der Waals surface area contributed by atoms with Crippen LogP contribution in [-0.2, 0) is 10.8 Å². The molecule has 4 aliphatic rings. The van der Waals surface area contributed by atoms with E-state index in [9.17, 15) is 0 Å². The molecular weight excluding hydrogens is 400 g/mol. The molecule has 0 bridgehead atoms. The highest BCUT2D eigenvalue weighted by atomic mass is 15.2. The first kappa shape index (κ1) is 20.7. The summed E-state index contributed by atoms with van der Waals surface area (Å²) in [4.78, 5) is 2.45. The maximum atomic E-state index is 2.45. The third-order valence-corrected chi connectivity index (χ3v) is 8.88. The largest absolute Gasteiger partial charge is 0.347 e. The molecule has 2 aromatic carbocycles. The smallest absolute Gasteiger partial charge is 0.209 e. The SMILES string of the molecule is CN1C2=C(/C=C/C=C3\CCC[C@@]4(C)C3=[N+](C)c3ccccc34)CCC[C@]2(C)c2ccccc21. The van der Waals surface area contributed by atoms with Crippen molar-refractivity contribution < 1.29 is 4.58 Å². The van der Waals surface area contributed by atoms with Crippen molar-refractivity contribution in [2.24, 2.45) is 0 Å². The lowest BCUT2D eigenvalue weighted by Gasteiger charge is -2.34. The third kappa shape index (κ3) is 2.82. The summed E-state index contributed by atoms with van der Waals surface area (Å²) in [5.74, 6) is 0. The minimum absolute atomic E-state index is 0.141. The highest BCUT2D eigenvalue weighted by molar-refractivity contribution is 6.08. The number of hydrogen-bond donors (Lipinski definition) is 0. The van der Waals surface area contributed by atoms with Gasteiger partial charge in [0.15, 0.2) is 5.71 Å². The van der Waals surface area contributed by atoms with Crippen LogP contribution < -0.4 is 4.90 Å². The Kier molecular flexibility index (Phi) is 4.59. The summed E-state index contributed by atoms with van der Waals surface area (Å²) in [6.45, 7) is 4.90. The minimum atomic E-state index is 0.141. The number of benzene rings is 2.